The van der Waals surface area contributed by atoms with Crippen molar-refractivity contribution in [2.24, 2.45) is 0 Å². The molecule has 0 aliphatic rings. The van der Waals surface area contributed by atoms with Crippen molar-refractivity contribution in [2.45, 2.75) is 33.2 Å². The molecule has 1 heterocycles. The largest absolute Gasteiger partial charge is 0.325 e. The molecule has 0 amide bonds. The first-order valence-electron chi connectivity index (χ1n) is 6.04. The third-order valence-electron chi connectivity index (χ3n) is 2.95. The molecule has 0 spiro atoms. The van der Waals surface area contributed by atoms with Gasteiger partial charge in [-0.05, 0) is 33.3 Å². The Morgan fingerprint density at radius 1 is 1.17 bits per heavy atom. The van der Waals surface area contributed by atoms with Gasteiger partial charge in [0, 0.05) is 11.1 Å². The lowest BCUT2D eigenvalue weighted by Crippen LogP contribution is -2.21. The van der Waals surface area contributed by atoms with E-state index in [9.17, 15) is 4.79 Å². The van der Waals surface area contributed by atoms with Crippen molar-refractivity contribution in [1.82, 2.24) is 9.55 Å². The second kappa shape index (κ2) is 4.41. The number of carbonyl (C=O) groups excluding carboxylic acids is 1. The van der Waals surface area contributed by atoms with Crippen molar-refractivity contribution in [3.8, 4) is 11.3 Å². The molecule has 0 saturated carbocycles. The van der Waals surface area contributed by atoms with Gasteiger partial charge >= 0.3 is 0 Å². The van der Waals surface area contributed by atoms with E-state index in [1.54, 1.807) is 6.92 Å². The molecule has 1 aromatic carbocycles. The minimum Gasteiger partial charge on any atom is -0.325 e. The van der Waals surface area contributed by atoms with E-state index < -0.39 is 0 Å². The summed E-state index contributed by atoms with van der Waals surface area (Å²) in [6.45, 7) is 8.00. The molecule has 0 N–H and O–H groups in total. The van der Waals surface area contributed by atoms with Gasteiger partial charge in [0.25, 0.3) is 0 Å². The van der Waals surface area contributed by atoms with Crippen molar-refractivity contribution in [2.75, 3.05) is 0 Å². The van der Waals surface area contributed by atoms with E-state index in [1.165, 1.54) is 0 Å². The van der Waals surface area contributed by atoms with E-state index in [-0.39, 0.29) is 11.3 Å². The fourth-order valence-electron chi connectivity index (χ4n) is 1.92. The normalized spacial score (nSPS) is 11.6. The summed E-state index contributed by atoms with van der Waals surface area (Å²) in [5, 5.41) is 0. The van der Waals surface area contributed by atoms with E-state index in [0.29, 0.717) is 0 Å². The molecule has 1 aromatic heterocycles. The van der Waals surface area contributed by atoms with Crippen LogP contribution in [0.4, 0.5) is 0 Å². The van der Waals surface area contributed by atoms with Crippen LogP contribution in [0.5, 0.6) is 0 Å². The number of imidazole rings is 1. The minimum atomic E-state index is -0.00885. The highest BCUT2D eigenvalue weighted by Gasteiger charge is 2.17. The fourth-order valence-corrected chi connectivity index (χ4v) is 1.92. The maximum absolute atomic E-state index is 11.3. The van der Waals surface area contributed by atoms with Gasteiger partial charge in [0.05, 0.1) is 18.2 Å². The maximum Gasteiger partial charge on any atom is 0.159 e. The number of ketones is 1. The van der Waals surface area contributed by atoms with Crippen LogP contribution in [0.3, 0.4) is 0 Å². The highest BCUT2D eigenvalue weighted by Crippen LogP contribution is 2.25. The van der Waals surface area contributed by atoms with Gasteiger partial charge in [0.1, 0.15) is 0 Å². The Labute approximate surface area is 107 Å². The first-order chi connectivity index (χ1) is 8.39. The molecule has 0 unspecified atom stereocenters. The second-order valence-electron chi connectivity index (χ2n) is 5.45. The molecule has 18 heavy (non-hydrogen) atoms. The monoisotopic (exact) mass is 242 g/mol. The SMILES string of the molecule is CC(=O)c1ccc(-c2cncn2C(C)(C)C)cc1. The molecule has 0 bridgehead atoms. The topological polar surface area (TPSA) is 34.9 Å². The van der Waals surface area contributed by atoms with E-state index in [4.69, 9.17) is 0 Å². The van der Waals surface area contributed by atoms with E-state index in [0.717, 1.165) is 16.8 Å². The minimum absolute atomic E-state index is 0.00885. The second-order valence-corrected chi connectivity index (χ2v) is 5.45. The summed E-state index contributed by atoms with van der Waals surface area (Å²) in [6.07, 6.45) is 3.70. The average Bonchev–Trinajstić information content (AvgIpc) is 2.77. The summed E-state index contributed by atoms with van der Waals surface area (Å²) < 4.78 is 2.13. The van der Waals surface area contributed by atoms with Crippen LogP contribution in [-0.4, -0.2) is 15.3 Å². The van der Waals surface area contributed by atoms with Crippen LogP contribution in [0, 0.1) is 0 Å². The summed E-state index contributed by atoms with van der Waals surface area (Å²) in [5.74, 6) is 0.0888. The first-order valence-corrected chi connectivity index (χ1v) is 6.04. The van der Waals surface area contributed by atoms with Crippen molar-refractivity contribution in [1.29, 1.82) is 0 Å². The van der Waals surface area contributed by atoms with Gasteiger partial charge in [-0.15, -0.1) is 0 Å². The maximum atomic E-state index is 11.3. The molecule has 2 aromatic rings. The molecule has 0 fully saturated rings. The van der Waals surface area contributed by atoms with E-state index in [1.807, 2.05) is 36.8 Å². The van der Waals surface area contributed by atoms with E-state index >= 15 is 0 Å². The summed E-state index contributed by atoms with van der Waals surface area (Å²) in [7, 11) is 0. The average molecular weight is 242 g/mol. The summed E-state index contributed by atoms with van der Waals surface area (Å²) in [5.41, 5.74) is 2.87. The molecule has 0 saturated heterocycles. The van der Waals surface area contributed by atoms with Gasteiger partial charge in [-0.2, -0.15) is 0 Å². The predicted octanol–water partition coefficient (Wildman–Crippen LogP) is 3.51. The van der Waals surface area contributed by atoms with Crippen LogP contribution < -0.4 is 0 Å². The fraction of sp³-hybridized carbons (Fsp3) is 0.333. The Balaban J connectivity index is 2.44. The van der Waals surface area contributed by atoms with Crippen molar-refractivity contribution >= 4 is 5.78 Å². The number of Topliss-reactive ketones (excluding diaryl/α,β-unsaturated/α-hetero) is 1. The highest BCUT2D eigenvalue weighted by molar-refractivity contribution is 5.94. The van der Waals surface area contributed by atoms with Crippen LogP contribution >= 0.6 is 0 Å². The van der Waals surface area contributed by atoms with Gasteiger partial charge in [0.2, 0.25) is 0 Å². The molecule has 0 aliphatic carbocycles. The Bertz CT molecular complexity index is 559. The summed E-state index contributed by atoms with van der Waals surface area (Å²) in [4.78, 5) is 15.5. The third-order valence-corrected chi connectivity index (χ3v) is 2.95. The Hall–Kier alpha value is -1.90. The molecular weight excluding hydrogens is 224 g/mol. The van der Waals surface area contributed by atoms with Crippen LogP contribution in [0.15, 0.2) is 36.8 Å². The van der Waals surface area contributed by atoms with Gasteiger partial charge < -0.3 is 4.57 Å². The van der Waals surface area contributed by atoms with Crippen molar-refractivity contribution in [3.63, 3.8) is 0 Å². The van der Waals surface area contributed by atoms with Crippen LogP contribution in [-0.2, 0) is 5.54 Å². The predicted molar refractivity (Wildman–Crippen MR) is 72.7 cm³/mol. The number of benzene rings is 1. The summed E-state index contributed by atoms with van der Waals surface area (Å²) in [6, 6.07) is 7.65. The zero-order valence-corrected chi connectivity index (χ0v) is 11.3. The zero-order chi connectivity index (χ0) is 13.3. The number of rotatable bonds is 2. The van der Waals surface area contributed by atoms with Crippen LogP contribution in [0.1, 0.15) is 38.1 Å². The zero-order valence-electron chi connectivity index (χ0n) is 11.3. The molecule has 3 nitrogen and oxygen atoms in total. The molecule has 0 radical (unpaired) electrons. The molecule has 0 atom stereocenters. The molecular formula is C15H18N2O. The lowest BCUT2D eigenvalue weighted by Gasteiger charge is -2.23. The van der Waals surface area contributed by atoms with Gasteiger partial charge in [-0.25, -0.2) is 4.98 Å². The quantitative estimate of drug-likeness (QED) is 0.755. The number of carbonyl (C=O) groups is 1. The van der Waals surface area contributed by atoms with Crippen molar-refractivity contribution < 1.29 is 4.79 Å². The van der Waals surface area contributed by atoms with Gasteiger partial charge in [0.15, 0.2) is 5.78 Å². The van der Waals surface area contributed by atoms with Crippen LogP contribution in [0.25, 0.3) is 11.3 Å². The van der Waals surface area contributed by atoms with Gasteiger partial charge in [-0.1, -0.05) is 24.3 Å². The Kier molecular flexibility index (Phi) is 3.07. The summed E-state index contributed by atoms with van der Waals surface area (Å²) >= 11 is 0. The molecule has 3 heteroatoms. The van der Waals surface area contributed by atoms with E-state index in [2.05, 4.69) is 30.3 Å². The molecule has 2 rings (SSSR count). The lowest BCUT2D eigenvalue weighted by atomic mass is 10.0. The van der Waals surface area contributed by atoms with Gasteiger partial charge in [-0.3, -0.25) is 4.79 Å². The third kappa shape index (κ3) is 2.35. The number of nitrogens with zero attached hydrogens (tertiary/aromatic N) is 2. The van der Waals surface area contributed by atoms with Crippen LogP contribution in [0.2, 0.25) is 0 Å². The standard InChI is InChI=1S/C15H18N2O/c1-11(18)12-5-7-13(8-6-12)14-9-16-10-17(14)15(2,3)4/h5-10H,1-4H3. The Morgan fingerprint density at radius 3 is 2.28 bits per heavy atom. The Morgan fingerprint density at radius 2 is 1.78 bits per heavy atom. The molecule has 0 aliphatic heterocycles. The number of hydrogen-bond acceptors (Lipinski definition) is 2. The smallest absolute Gasteiger partial charge is 0.159 e. The van der Waals surface area contributed by atoms with Crippen molar-refractivity contribution in [3.05, 3.63) is 42.4 Å². The highest BCUT2D eigenvalue weighted by atomic mass is 16.1. The first kappa shape index (κ1) is 12.6. The molecule has 94 valence electrons. The lowest BCUT2D eigenvalue weighted by molar-refractivity contribution is 0.101. The number of hydrogen-bond donors (Lipinski definition) is 0. The number of aromatic nitrogens is 2.